The highest BCUT2D eigenvalue weighted by Gasteiger charge is 2.33. The summed E-state index contributed by atoms with van der Waals surface area (Å²) in [5.41, 5.74) is 0. The fraction of sp³-hybridized carbons (Fsp3) is 0.312. The topological polar surface area (TPSA) is 93.8 Å². The van der Waals surface area contributed by atoms with Crippen LogP contribution in [0.3, 0.4) is 0 Å². The second-order valence-corrected chi connectivity index (χ2v) is 5.89. The molecular formula is C16H18N8O. The predicted octanol–water partition coefficient (Wildman–Crippen LogP) is 0.111. The van der Waals surface area contributed by atoms with Gasteiger partial charge in [0.2, 0.25) is 5.91 Å². The molecule has 0 aromatic carbocycles. The van der Waals surface area contributed by atoms with E-state index in [2.05, 4.69) is 30.3 Å². The Hall–Kier alpha value is -3.23. The molecule has 1 amide bonds. The number of aromatic nitrogens is 6. The SMILES string of the molecule is O=C(NCCn1cccc1)C1CN(c2cc(-n3cncn3)ncn2)C1. The molecule has 0 spiro atoms. The molecule has 9 nitrogen and oxygen atoms in total. The largest absolute Gasteiger partial charge is 0.355 e. The summed E-state index contributed by atoms with van der Waals surface area (Å²) < 4.78 is 3.62. The lowest BCUT2D eigenvalue weighted by molar-refractivity contribution is -0.125. The average molecular weight is 338 g/mol. The Balaban J connectivity index is 1.28. The van der Waals surface area contributed by atoms with Gasteiger partial charge in [-0.05, 0) is 12.1 Å². The number of amides is 1. The van der Waals surface area contributed by atoms with E-state index in [1.807, 2.05) is 35.2 Å². The molecule has 1 N–H and O–H groups in total. The van der Waals surface area contributed by atoms with Crippen LogP contribution in [0.4, 0.5) is 5.82 Å². The monoisotopic (exact) mass is 338 g/mol. The molecule has 0 radical (unpaired) electrons. The van der Waals surface area contributed by atoms with Gasteiger partial charge in [0, 0.05) is 44.6 Å². The Morgan fingerprint density at radius 2 is 1.96 bits per heavy atom. The first-order valence-corrected chi connectivity index (χ1v) is 8.10. The van der Waals surface area contributed by atoms with E-state index in [9.17, 15) is 4.79 Å². The molecule has 1 aliphatic rings. The summed E-state index contributed by atoms with van der Waals surface area (Å²) >= 11 is 0. The average Bonchev–Trinajstić information content (AvgIpc) is 3.28. The molecule has 128 valence electrons. The van der Waals surface area contributed by atoms with Gasteiger partial charge in [0.15, 0.2) is 5.82 Å². The van der Waals surface area contributed by atoms with E-state index in [-0.39, 0.29) is 11.8 Å². The van der Waals surface area contributed by atoms with Crippen molar-refractivity contribution >= 4 is 11.7 Å². The summed E-state index contributed by atoms with van der Waals surface area (Å²) in [4.78, 5) is 26.6. The van der Waals surface area contributed by atoms with Gasteiger partial charge in [0.05, 0.1) is 5.92 Å². The van der Waals surface area contributed by atoms with E-state index in [0.717, 1.165) is 12.4 Å². The minimum atomic E-state index is -0.00514. The first kappa shape index (κ1) is 15.3. The smallest absolute Gasteiger partial charge is 0.226 e. The molecule has 0 bridgehead atoms. The lowest BCUT2D eigenvalue weighted by Crippen LogP contribution is -2.54. The van der Waals surface area contributed by atoms with Gasteiger partial charge in [-0.1, -0.05) is 0 Å². The molecule has 0 atom stereocenters. The summed E-state index contributed by atoms with van der Waals surface area (Å²) in [5, 5.41) is 7.05. The minimum Gasteiger partial charge on any atom is -0.355 e. The molecular weight excluding hydrogens is 320 g/mol. The van der Waals surface area contributed by atoms with Crippen molar-refractivity contribution in [1.82, 2.24) is 34.6 Å². The lowest BCUT2D eigenvalue weighted by Gasteiger charge is -2.39. The van der Waals surface area contributed by atoms with Crippen molar-refractivity contribution in [3.05, 3.63) is 49.6 Å². The summed E-state index contributed by atoms with van der Waals surface area (Å²) in [6.07, 6.45) is 8.51. The standard InChI is InChI=1S/C16H18N8O/c25-16(18-3-6-22-4-1-2-5-22)13-8-23(9-13)14-7-15(20-11-19-14)24-12-17-10-21-24/h1-2,4-5,7,10-13H,3,6,8-9H2,(H,18,25). The van der Waals surface area contributed by atoms with E-state index in [1.54, 1.807) is 11.0 Å². The fourth-order valence-corrected chi connectivity index (χ4v) is 2.77. The van der Waals surface area contributed by atoms with Crippen molar-refractivity contribution in [3.8, 4) is 5.82 Å². The van der Waals surface area contributed by atoms with Crippen LogP contribution in [-0.4, -0.2) is 54.8 Å². The van der Waals surface area contributed by atoms with Gasteiger partial charge in [-0.25, -0.2) is 19.6 Å². The second kappa shape index (κ2) is 6.71. The lowest BCUT2D eigenvalue weighted by atomic mass is 9.99. The summed E-state index contributed by atoms with van der Waals surface area (Å²) in [6, 6.07) is 5.79. The van der Waals surface area contributed by atoms with E-state index < -0.39 is 0 Å². The van der Waals surface area contributed by atoms with E-state index in [4.69, 9.17) is 0 Å². The molecule has 9 heteroatoms. The van der Waals surface area contributed by atoms with Crippen molar-refractivity contribution in [3.63, 3.8) is 0 Å². The van der Waals surface area contributed by atoms with Crippen LogP contribution in [0.25, 0.3) is 5.82 Å². The normalized spacial score (nSPS) is 14.3. The molecule has 0 aliphatic carbocycles. The van der Waals surface area contributed by atoms with Crippen molar-refractivity contribution in [2.24, 2.45) is 5.92 Å². The van der Waals surface area contributed by atoms with Crippen LogP contribution in [0.5, 0.6) is 0 Å². The van der Waals surface area contributed by atoms with Crippen LogP contribution in [0.2, 0.25) is 0 Å². The van der Waals surface area contributed by atoms with Gasteiger partial charge >= 0.3 is 0 Å². The highest BCUT2D eigenvalue weighted by atomic mass is 16.2. The molecule has 1 aliphatic heterocycles. The molecule has 3 aromatic heterocycles. The maximum Gasteiger partial charge on any atom is 0.226 e. The number of nitrogens with one attached hydrogen (secondary N) is 1. The number of anilines is 1. The first-order valence-electron chi connectivity index (χ1n) is 8.10. The summed E-state index contributed by atoms with van der Waals surface area (Å²) in [5.74, 6) is 1.53. The number of hydrogen-bond donors (Lipinski definition) is 1. The number of carbonyl (C=O) groups excluding carboxylic acids is 1. The number of carbonyl (C=O) groups is 1. The van der Waals surface area contributed by atoms with E-state index >= 15 is 0 Å². The molecule has 1 fully saturated rings. The van der Waals surface area contributed by atoms with E-state index in [0.29, 0.717) is 25.5 Å². The number of hydrogen-bond acceptors (Lipinski definition) is 6. The maximum atomic E-state index is 12.2. The molecule has 0 unspecified atom stereocenters. The zero-order valence-electron chi connectivity index (χ0n) is 13.6. The predicted molar refractivity (Wildman–Crippen MR) is 90.1 cm³/mol. The van der Waals surface area contributed by atoms with Gasteiger partial charge in [0.1, 0.15) is 24.8 Å². The Morgan fingerprint density at radius 3 is 2.72 bits per heavy atom. The van der Waals surface area contributed by atoms with Gasteiger partial charge in [-0.3, -0.25) is 4.79 Å². The Morgan fingerprint density at radius 1 is 1.16 bits per heavy atom. The third-order valence-electron chi connectivity index (χ3n) is 4.20. The Labute approximate surface area is 144 Å². The van der Waals surface area contributed by atoms with E-state index in [1.165, 1.54) is 12.7 Å². The third-order valence-corrected chi connectivity index (χ3v) is 4.20. The van der Waals surface area contributed by atoms with Crippen LogP contribution in [0, 0.1) is 5.92 Å². The quantitative estimate of drug-likeness (QED) is 0.686. The Bertz CT molecular complexity index is 824. The molecule has 4 heterocycles. The first-order chi connectivity index (χ1) is 12.3. The van der Waals surface area contributed by atoms with Crippen molar-refractivity contribution < 1.29 is 4.79 Å². The zero-order valence-corrected chi connectivity index (χ0v) is 13.6. The molecule has 3 aromatic rings. The maximum absolute atomic E-state index is 12.2. The third kappa shape index (κ3) is 3.35. The van der Waals surface area contributed by atoms with Gasteiger partial charge in [0.25, 0.3) is 0 Å². The van der Waals surface area contributed by atoms with Crippen LogP contribution in [0.15, 0.2) is 49.6 Å². The molecule has 1 saturated heterocycles. The molecule has 25 heavy (non-hydrogen) atoms. The number of rotatable bonds is 6. The molecule has 0 saturated carbocycles. The van der Waals surface area contributed by atoms with Gasteiger partial charge < -0.3 is 14.8 Å². The highest BCUT2D eigenvalue weighted by molar-refractivity contribution is 5.81. The number of nitrogens with zero attached hydrogens (tertiary/aromatic N) is 7. The summed E-state index contributed by atoms with van der Waals surface area (Å²) in [6.45, 7) is 2.72. The van der Waals surface area contributed by atoms with Crippen LogP contribution < -0.4 is 10.2 Å². The van der Waals surface area contributed by atoms with Gasteiger partial charge in [-0.2, -0.15) is 5.10 Å². The summed E-state index contributed by atoms with van der Waals surface area (Å²) in [7, 11) is 0. The highest BCUT2D eigenvalue weighted by Crippen LogP contribution is 2.23. The van der Waals surface area contributed by atoms with Crippen molar-refractivity contribution in [2.75, 3.05) is 24.5 Å². The van der Waals surface area contributed by atoms with Crippen LogP contribution in [0.1, 0.15) is 0 Å². The van der Waals surface area contributed by atoms with Crippen LogP contribution in [-0.2, 0) is 11.3 Å². The van der Waals surface area contributed by atoms with Crippen molar-refractivity contribution in [2.45, 2.75) is 6.54 Å². The minimum absolute atomic E-state index is 0.00514. The van der Waals surface area contributed by atoms with Crippen molar-refractivity contribution in [1.29, 1.82) is 0 Å². The zero-order chi connectivity index (χ0) is 17.1. The molecule has 4 rings (SSSR count). The van der Waals surface area contributed by atoms with Gasteiger partial charge in [-0.15, -0.1) is 0 Å². The second-order valence-electron chi connectivity index (χ2n) is 5.89. The fourth-order valence-electron chi connectivity index (χ4n) is 2.77. The Kier molecular flexibility index (Phi) is 4.11. The van der Waals surface area contributed by atoms with Crippen LogP contribution >= 0.6 is 0 Å².